The number of likely N-dealkylation sites (N-methyl/N-ethyl adjacent to an activating group) is 1. The Labute approximate surface area is 136 Å². The zero-order valence-electron chi connectivity index (χ0n) is 13.3. The molecule has 1 heterocycles. The molecule has 2 aromatic rings. The van der Waals surface area contributed by atoms with Crippen LogP contribution in [-0.4, -0.2) is 22.3 Å². The van der Waals surface area contributed by atoms with Gasteiger partial charge in [-0.3, -0.25) is 9.78 Å². The van der Waals surface area contributed by atoms with Gasteiger partial charge < -0.3 is 4.90 Å². The lowest BCUT2D eigenvalue weighted by molar-refractivity contribution is -0.127. The van der Waals surface area contributed by atoms with Crippen LogP contribution in [0.1, 0.15) is 36.7 Å². The minimum absolute atomic E-state index is 0.0602. The number of hydrogen-bond donors (Lipinski definition) is 0. The summed E-state index contributed by atoms with van der Waals surface area (Å²) in [6, 6.07) is 14.9. The third-order valence-corrected chi connectivity index (χ3v) is 3.70. The summed E-state index contributed by atoms with van der Waals surface area (Å²) < 4.78 is 0. The van der Waals surface area contributed by atoms with Crippen LogP contribution in [0.15, 0.2) is 54.7 Å². The summed E-state index contributed by atoms with van der Waals surface area (Å²) in [5.41, 5.74) is 2.37. The van der Waals surface area contributed by atoms with Gasteiger partial charge in [-0.2, -0.15) is 5.26 Å². The molecule has 0 saturated heterocycles. The first-order valence-electron chi connectivity index (χ1n) is 7.55. The average molecular weight is 305 g/mol. The van der Waals surface area contributed by atoms with E-state index in [2.05, 4.69) is 11.1 Å². The number of carbonyl (C=O) groups excluding carboxylic acids is 1. The first kappa shape index (κ1) is 16.4. The lowest BCUT2D eigenvalue weighted by Crippen LogP contribution is -2.32. The van der Waals surface area contributed by atoms with Gasteiger partial charge in [0.15, 0.2) is 0 Å². The predicted octanol–water partition coefficient (Wildman–Crippen LogP) is 3.58. The maximum absolute atomic E-state index is 12.4. The Bertz CT molecular complexity index is 715. The molecule has 0 saturated carbocycles. The zero-order valence-corrected chi connectivity index (χ0v) is 13.3. The first-order chi connectivity index (χ1) is 11.2. The van der Waals surface area contributed by atoms with Crippen LogP contribution >= 0.6 is 0 Å². The second kappa shape index (κ2) is 7.90. The summed E-state index contributed by atoms with van der Waals surface area (Å²) in [6.45, 7) is 4.54. The molecule has 0 aliphatic carbocycles. The summed E-state index contributed by atoms with van der Waals surface area (Å²) in [6.07, 6.45) is 4.96. The third kappa shape index (κ3) is 4.27. The molecular weight excluding hydrogens is 286 g/mol. The van der Waals surface area contributed by atoms with Gasteiger partial charge in [0, 0.05) is 18.8 Å². The monoisotopic (exact) mass is 305 g/mol. The van der Waals surface area contributed by atoms with Crippen molar-refractivity contribution in [3.63, 3.8) is 0 Å². The van der Waals surface area contributed by atoms with E-state index in [1.807, 2.05) is 44.2 Å². The molecule has 1 amide bonds. The van der Waals surface area contributed by atoms with E-state index in [9.17, 15) is 4.79 Å². The molecule has 23 heavy (non-hydrogen) atoms. The van der Waals surface area contributed by atoms with Crippen molar-refractivity contribution in [2.45, 2.75) is 19.9 Å². The fourth-order valence-corrected chi connectivity index (χ4v) is 2.36. The summed E-state index contributed by atoms with van der Waals surface area (Å²) >= 11 is 0. The molecule has 2 rings (SSSR count). The normalized spacial score (nSPS) is 11.9. The van der Waals surface area contributed by atoms with Crippen LogP contribution in [0, 0.1) is 11.3 Å². The number of carbonyl (C=O) groups is 1. The third-order valence-electron chi connectivity index (χ3n) is 3.70. The number of aromatic nitrogens is 1. The Morgan fingerprint density at radius 3 is 2.61 bits per heavy atom. The molecule has 1 aromatic heterocycles. The summed E-state index contributed by atoms with van der Waals surface area (Å²) in [5, 5.41) is 8.86. The molecule has 0 fully saturated rings. The van der Waals surface area contributed by atoms with Gasteiger partial charge in [-0.25, -0.2) is 0 Å². The van der Waals surface area contributed by atoms with Crippen LogP contribution in [-0.2, 0) is 4.79 Å². The average Bonchev–Trinajstić information content (AvgIpc) is 2.61. The number of nitrogens with zero attached hydrogens (tertiary/aromatic N) is 3. The number of benzene rings is 1. The maximum atomic E-state index is 12.4. The Morgan fingerprint density at radius 2 is 2.04 bits per heavy atom. The van der Waals surface area contributed by atoms with Gasteiger partial charge in [0.2, 0.25) is 5.91 Å². The highest BCUT2D eigenvalue weighted by molar-refractivity contribution is 5.91. The highest BCUT2D eigenvalue weighted by atomic mass is 16.2. The molecule has 116 valence electrons. The lowest BCUT2D eigenvalue weighted by atomic mass is 10.0. The van der Waals surface area contributed by atoms with Crippen molar-refractivity contribution in [2.24, 2.45) is 0 Å². The van der Waals surface area contributed by atoms with Crippen molar-refractivity contribution in [3.8, 4) is 6.07 Å². The van der Waals surface area contributed by atoms with E-state index in [1.165, 1.54) is 0 Å². The van der Waals surface area contributed by atoms with E-state index in [0.717, 1.165) is 11.3 Å². The van der Waals surface area contributed by atoms with Crippen LogP contribution in [0.25, 0.3) is 6.08 Å². The number of rotatable bonds is 5. The molecule has 4 nitrogen and oxygen atoms in total. The zero-order chi connectivity index (χ0) is 16.7. The van der Waals surface area contributed by atoms with Crippen molar-refractivity contribution in [1.82, 2.24) is 9.88 Å². The molecule has 0 N–H and O–H groups in total. The van der Waals surface area contributed by atoms with Gasteiger partial charge in [0.25, 0.3) is 0 Å². The second-order valence-corrected chi connectivity index (χ2v) is 5.12. The Balaban J connectivity index is 2.12. The molecule has 0 aliphatic rings. The molecule has 1 aromatic carbocycles. The number of amides is 1. The molecule has 0 spiro atoms. The minimum Gasteiger partial charge on any atom is -0.333 e. The van der Waals surface area contributed by atoms with Crippen molar-refractivity contribution < 1.29 is 4.79 Å². The number of pyridine rings is 1. The van der Waals surface area contributed by atoms with E-state index >= 15 is 0 Å². The van der Waals surface area contributed by atoms with E-state index in [-0.39, 0.29) is 11.9 Å². The lowest BCUT2D eigenvalue weighted by Gasteiger charge is -2.27. The van der Waals surface area contributed by atoms with Crippen molar-refractivity contribution in [3.05, 3.63) is 71.6 Å². The van der Waals surface area contributed by atoms with Crippen molar-refractivity contribution in [1.29, 1.82) is 5.26 Å². The fraction of sp³-hybridized carbons (Fsp3) is 0.211. The van der Waals surface area contributed by atoms with Crippen LogP contribution in [0.3, 0.4) is 0 Å². The van der Waals surface area contributed by atoms with Crippen molar-refractivity contribution in [2.75, 3.05) is 6.54 Å². The number of hydrogen-bond acceptors (Lipinski definition) is 3. The Morgan fingerprint density at radius 1 is 1.30 bits per heavy atom. The van der Waals surface area contributed by atoms with E-state index in [1.54, 1.807) is 35.4 Å². The second-order valence-electron chi connectivity index (χ2n) is 5.12. The summed E-state index contributed by atoms with van der Waals surface area (Å²) in [5.74, 6) is -0.0602. The quantitative estimate of drug-likeness (QED) is 0.793. The van der Waals surface area contributed by atoms with E-state index in [0.29, 0.717) is 12.1 Å². The van der Waals surface area contributed by atoms with E-state index in [4.69, 9.17) is 5.26 Å². The topological polar surface area (TPSA) is 57.0 Å². The van der Waals surface area contributed by atoms with Gasteiger partial charge in [0.05, 0.1) is 23.4 Å². The van der Waals surface area contributed by atoms with Gasteiger partial charge >= 0.3 is 0 Å². The minimum atomic E-state index is -0.0615. The highest BCUT2D eigenvalue weighted by Crippen LogP contribution is 2.21. The smallest absolute Gasteiger partial charge is 0.247 e. The first-order valence-corrected chi connectivity index (χ1v) is 7.55. The van der Waals surface area contributed by atoms with E-state index < -0.39 is 0 Å². The number of nitriles is 1. The SMILES string of the molecule is CCN(C(=O)C=Cc1ccccn1)C(C)c1ccc(C#N)cc1. The molecular formula is C19H19N3O. The van der Waals surface area contributed by atoms with Crippen molar-refractivity contribution >= 4 is 12.0 Å². The molecule has 1 unspecified atom stereocenters. The highest BCUT2D eigenvalue weighted by Gasteiger charge is 2.17. The Hall–Kier alpha value is -2.93. The van der Waals surface area contributed by atoms with Gasteiger partial charge in [-0.15, -0.1) is 0 Å². The predicted molar refractivity (Wildman–Crippen MR) is 90.2 cm³/mol. The molecule has 0 bridgehead atoms. The standard InChI is InChI=1S/C19H19N3O/c1-3-22(15(2)17-9-7-16(14-20)8-10-17)19(23)12-11-18-6-4-5-13-21-18/h4-13,15H,3H2,1-2H3. The largest absolute Gasteiger partial charge is 0.333 e. The maximum Gasteiger partial charge on any atom is 0.247 e. The Kier molecular flexibility index (Phi) is 5.65. The fourth-order valence-electron chi connectivity index (χ4n) is 2.36. The van der Waals surface area contributed by atoms with Crippen LogP contribution in [0.5, 0.6) is 0 Å². The summed E-state index contributed by atoms with van der Waals surface area (Å²) in [7, 11) is 0. The molecule has 4 heteroatoms. The summed E-state index contributed by atoms with van der Waals surface area (Å²) in [4.78, 5) is 18.4. The molecule has 1 atom stereocenters. The molecule has 0 aliphatic heterocycles. The van der Waals surface area contributed by atoms with Crippen LogP contribution in [0.4, 0.5) is 0 Å². The molecule has 0 radical (unpaired) electrons. The van der Waals surface area contributed by atoms with Gasteiger partial charge in [-0.1, -0.05) is 18.2 Å². The van der Waals surface area contributed by atoms with Gasteiger partial charge in [0.1, 0.15) is 0 Å². The van der Waals surface area contributed by atoms with Crippen LogP contribution < -0.4 is 0 Å². The van der Waals surface area contributed by atoms with Crippen LogP contribution in [0.2, 0.25) is 0 Å². The van der Waals surface area contributed by atoms with Gasteiger partial charge in [-0.05, 0) is 49.8 Å².